The number of ether oxygens (including phenoxy) is 2. The molecule has 11 nitrogen and oxygen atoms in total. The van der Waals surface area contributed by atoms with Crippen LogP contribution >= 0.6 is 0 Å². The average molecular weight is 621 g/mol. The summed E-state index contributed by atoms with van der Waals surface area (Å²) in [6.07, 6.45) is 0.937. The van der Waals surface area contributed by atoms with Crippen molar-refractivity contribution in [2.24, 2.45) is 17.8 Å². The summed E-state index contributed by atoms with van der Waals surface area (Å²) in [6, 6.07) is 3.84. The number of nitrogens with one attached hydrogen (secondary N) is 2. The van der Waals surface area contributed by atoms with Crippen LogP contribution in [0, 0.1) is 23.6 Å². The molecule has 1 aromatic rings. The number of likely N-dealkylation sites (tertiary alicyclic amines) is 1. The van der Waals surface area contributed by atoms with Crippen molar-refractivity contribution in [1.29, 1.82) is 0 Å². The number of benzene rings is 1. The van der Waals surface area contributed by atoms with Crippen LogP contribution < -0.4 is 10.6 Å². The van der Waals surface area contributed by atoms with Gasteiger partial charge in [-0.2, -0.15) is 0 Å². The topological polar surface area (TPSA) is 138 Å². The number of methoxy groups -OCH3 is 2. The number of aliphatic carboxylic acids is 1. The van der Waals surface area contributed by atoms with E-state index in [9.17, 15) is 28.7 Å². The fourth-order valence-corrected chi connectivity index (χ4v) is 6.69. The van der Waals surface area contributed by atoms with Gasteiger partial charge in [0.2, 0.25) is 17.7 Å². The predicted octanol–water partition coefficient (Wildman–Crippen LogP) is 2.08. The van der Waals surface area contributed by atoms with Gasteiger partial charge in [-0.3, -0.25) is 14.4 Å². The zero-order valence-corrected chi connectivity index (χ0v) is 26.9. The van der Waals surface area contributed by atoms with Crippen molar-refractivity contribution in [2.75, 3.05) is 34.9 Å². The van der Waals surface area contributed by atoms with Crippen molar-refractivity contribution in [2.45, 2.75) is 89.3 Å². The third-order valence-corrected chi connectivity index (χ3v) is 9.44. The van der Waals surface area contributed by atoms with E-state index in [-0.39, 0.29) is 54.8 Å². The Morgan fingerprint density at radius 1 is 1.14 bits per heavy atom. The first kappa shape index (κ1) is 35.4. The molecule has 9 atom stereocenters. The minimum atomic E-state index is -1.34. The van der Waals surface area contributed by atoms with Crippen molar-refractivity contribution in [1.82, 2.24) is 20.4 Å². The highest BCUT2D eigenvalue weighted by molar-refractivity contribution is 5.86. The summed E-state index contributed by atoms with van der Waals surface area (Å²) >= 11 is 0. The number of amides is 3. The number of fused-ring (bicyclic) bond motifs is 1. The summed E-state index contributed by atoms with van der Waals surface area (Å²) in [6.45, 7) is 5.90. The van der Waals surface area contributed by atoms with E-state index >= 15 is 0 Å². The molecule has 44 heavy (non-hydrogen) atoms. The molecule has 0 aromatic heterocycles. The first-order valence-corrected chi connectivity index (χ1v) is 15.4. The van der Waals surface area contributed by atoms with Gasteiger partial charge in [-0.25, -0.2) is 9.18 Å². The molecule has 1 saturated carbocycles. The molecule has 2 fully saturated rings. The second kappa shape index (κ2) is 15.8. The number of hydrogen-bond donors (Lipinski definition) is 3. The first-order chi connectivity index (χ1) is 20.9. The lowest BCUT2D eigenvalue weighted by Gasteiger charge is -2.40. The molecule has 0 radical (unpaired) electrons. The quantitative estimate of drug-likeness (QED) is 0.241. The molecule has 3 amide bonds. The van der Waals surface area contributed by atoms with E-state index in [0.717, 1.165) is 12.8 Å². The molecule has 246 valence electrons. The SMILES string of the molecule is CC[C@H](C)[C@@H]([C@@H](CC(=O)N1[C@H](C(OC)[C@@H](C)C(=O)N[C@@H](Cc2ccccc2F)C(=O)O)C[C@@H]2C[C@@H]21)OC)N(C)C(=O)CNC. The Hall–Kier alpha value is -3.09. The van der Waals surface area contributed by atoms with Crippen LogP contribution in [0.25, 0.3) is 0 Å². The standard InChI is InChI=1S/C32H49FN4O7/c1-8-18(2)29(36(5)28(39)17-34-4)26(43-6)16-27(38)37-24-14-21(24)15-25(37)30(44-7)19(3)31(40)35-23(32(41)42)13-20-11-9-10-12-22(20)33/h9-12,18-19,21,23-26,29-30,34H,8,13-17H2,1-7H3,(H,35,40)(H,41,42)/t18-,19+,21-,23-,24-,25-,26+,29-,30?/m0/s1. The van der Waals surface area contributed by atoms with Crippen molar-refractivity contribution in [3.8, 4) is 0 Å². The number of carboxylic acid groups (broad SMARTS) is 1. The van der Waals surface area contributed by atoms with Crippen molar-refractivity contribution in [3.05, 3.63) is 35.6 Å². The summed E-state index contributed by atoms with van der Waals surface area (Å²) in [5.41, 5.74) is 0.186. The van der Waals surface area contributed by atoms with Gasteiger partial charge in [0, 0.05) is 33.7 Å². The van der Waals surface area contributed by atoms with Gasteiger partial charge in [0.25, 0.3) is 0 Å². The number of carbonyl (C=O) groups is 4. The molecule has 1 heterocycles. The fourth-order valence-electron chi connectivity index (χ4n) is 6.69. The molecule has 12 heteroatoms. The van der Waals surface area contributed by atoms with Crippen LogP contribution in [0.2, 0.25) is 0 Å². The van der Waals surface area contributed by atoms with Crippen LogP contribution in [0.4, 0.5) is 4.39 Å². The number of carbonyl (C=O) groups excluding carboxylic acids is 3. The molecule has 1 aromatic carbocycles. The largest absolute Gasteiger partial charge is 0.480 e. The van der Waals surface area contributed by atoms with E-state index < -0.39 is 47.9 Å². The summed E-state index contributed by atoms with van der Waals surface area (Å²) in [5, 5.41) is 15.2. The number of rotatable bonds is 17. The smallest absolute Gasteiger partial charge is 0.326 e. The van der Waals surface area contributed by atoms with E-state index in [2.05, 4.69) is 10.6 Å². The van der Waals surface area contributed by atoms with Gasteiger partial charge in [-0.1, -0.05) is 45.4 Å². The van der Waals surface area contributed by atoms with Gasteiger partial charge in [-0.05, 0) is 43.4 Å². The highest BCUT2D eigenvalue weighted by Gasteiger charge is 2.57. The van der Waals surface area contributed by atoms with Gasteiger partial charge < -0.3 is 35.0 Å². The summed E-state index contributed by atoms with van der Waals surface area (Å²) in [7, 11) is 6.48. The Bertz CT molecular complexity index is 1170. The van der Waals surface area contributed by atoms with E-state index in [4.69, 9.17) is 9.47 Å². The third-order valence-electron chi connectivity index (χ3n) is 9.44. The molecule has 1 unspecified atom stereocenters. The zero-order valence-electron chi connectivity index (χ0n) is 26.9. The van der Waals surface area contributed by atoms with Crippen LogP contribution in [-0.4, -0.2) is 110 Å². The molecular formula is C32H49FN4O7. The van der Waals surface area contributed by atoms with E-state index in [0.29, 0.717) is 12.3 Å². The maximum absolute atomic E-state index is 14.2. The Morgan fingerprint density at radius 3 is 2.39 bits per heavy atom. The van der Waals surface area contributed by atoms with Crippen LogP contribution in [0.5, 0.6) is 0 Å². The molecule has 0 spiro atoms. The average Bonchev–Trinajstić information content (AvgIpc) is 3.66. The molecule has 3 rings (SSSR count). The van der Waals surface area contributed by atoms with Crippen LogP contribution in [0.15, 0.2) is 24.3 Å². The lowest BCUT2D eigenvalue weighted by Crippen LogP contribution is -2.55. The minimum absolute atomic E-state index is 0.0384. The van der Waals surface area contributed by atoms with Crippen molar-refractivity contribution >= 4 is 23.7 Å². The molecule has 3 N–H and O–H groups in total. The monoisotopic (exact) mass is 620 g/mol. The van der Waals surface area contributed by atoms with Crippen LogP contribution in [0.1, 0.15) is 52.0 Å². The number of likely N-dealkylation sites (N-methyl/N-ethyl adjacent to an activating group) is 2. The molecule has 1 saturated heterocycles. The normalized spacial score (nSPS) is 23.1. The third kappa shape index (κ3) is 8.13. The first-order valence-electron chi connectivity index (χ1n) is 15.4. The zero-order chi connectivity index (χ0) is 32.7. The Labute approximate surface area is 259 Å². The fraction of sp³-hybridized carbons (Fsp3) is 0.688. The molecule has 1 aliphatic heterocycles. The van der Waals surface area contributed by atoms with Gasteiger partial charge in [0.15, 0.2) is 0 Å². The summed E-state index contributed by atoms with van der Waals surface area (Å²) in [5.74, 6) is -3.02. The maximum atomic E-state index is 14.2. The van der Waals surface area contributed by atoms with Gasteiger partial charge >= 0.3 is 5.97 Å². The van der Waals surface area contributed by atoms with E-state index in [1.807, 2.05) is 18.7 Å². The Balaban J connectivity index is 1.76. The molecular weight excluding hydrogens is 571 g/mol. The van der Waals surface area contributed by atoms with Crippen molar-refractivity contribution < 1.29 is 38.1 Å². The van der Waals surface area contributed by atoms with Gasteiger partial charge in [-0.15, -0.1) is 0 Å². The van der Waals surface area contributed by atoms with E-state index in [1.54, 1.807) is 39.1 Å². The van der Waals surface area contributed by atoms with Crippen LogP contribution in [0.3, 0.4) is 0 Å². The lowest BCUT2D eigenvalue weighted by molar-refractivity contribution is -0.147. The number of halogens is 1. The van der Waals surface area contributed by atoms with Crippen LogP contribution in [-0.2, 0) is 35.1 Å². The predicted molar refractivity (Wildman–Crippen MR) is 162 cm³/mol. The minimum Gasteiger partial charge on any atom is -0.480 e. The summed E-state index contributed by atoms with van der Waals surface area (Å²) < 4.78 is 25.9. The van der Waals surface area contributed by atoms with Gasteiger partial charge in [0.05, 0.1) is 43.2 Å². The Kier molecular flexibility index (Phi) is 12.7. The van der Waals surface area contributed by atoms with E-state index in [1.165, 1.54) is 25.3 Å². The lowest BCUT2D eigenvalue weighted by atomic mass is 9.90. The highest BCUT2D eigenvalue weighted by atomic mass is 19.1. The Morgan fingerprint density at radius 2 is 1.82 bits per heavy atom. The number of nitrogens with zero attached hydrogens (tertiary/aromatic N) is 2. The molecule has 1 aliphatic carbocycles. The maximum Gasteiger partial charge on any atom is 0.326 e. The number of carboxylic acids is 1. The van der Waals surface area contributed by atoms with Crippen molar-refractivity contribution in [3.63, 3.8) is 0 Å². The second-order valence-electron chi connectivity index (χ2n) is 12.2. The van der Waals surface area contributed by atoms with Gasteiger partial charge in [0.1, 0.15) is 11.9 Å². The molecule has 2 aliphatic rings. The second-order valence-corrected chi connectivity index (χ2v) is 12.2. The molecule has 0 bridgehead atoms. The highest BCUT2D eigenvalue weighted by Crippen LogP contribution is 2.50. The number of piperidine rings is 1. The summed E-state index contributed by atoms with van der Waals surface area (Å²) in [4.78, 5) is 55.6. The number of hydrogen-bond acceptors (Lipinski definition) is 7.